The van der Waals surface area contributed by atoms with Gasteiger partial charge in [-0.25, -0.2) is 4.39 Å². The van der Waals surface area contributed by atoms with E-state index in [1.165, 1.54) is 12.1 Å². The molecule has 2 aliphatic rings. The average molecular weight is 508 g/mol. The van der Waals surface area contributed by atoms with Crippen LogP contribution < -0.4 is 20.7 Å². The molecule has 1 aliphatic carbocycles. The van der Waals surface area contributed by atoms with E-state index in [-0.39, 0.29) is 31.0 Å². The first-order chi connectivity index (χ1) is 17.9. The number of hydrogen-bond donors (Lipinski definition) is 4. The minimum Gasteiger partial charge on any atom is -0.493 e. The molecule has 0 aromatic heterocycles. The van der Waals surface area contributed by atoms with Crippen LogP contribution in [0.5, 0.6) is 5.75 Å². The summed E-state index contributed by atoms with van der Waals surface area (Å²) in [6, 6.07) is 11.5. The van der Waals surface area contributed by atoms with Crippen molar-refractivity contribution in [2.45, 2.75) is 62.6 Å². The van der Waals surface area contributed by atoms with Crippen molar-refractivity contribution in [1.82, 2.24) is 16.0 Å². The Morgan fingerprint density at radius 3 is 2.78 bits per heavy atom. The van der Waals surface area contributed by atoms with Crippen LogP contribution >= 0.6 is 0 Å². The lowest BCUT2D eigenvalue weighted by Gasteiger charge is -2.27. The van der Waals surface area contributed by atoms with Gasteiger partial charge in [-0.2, -0.15) is 0 Å². The Bertz CT molecular complexity index is 1160. The van der Waals surface area contributed by atoms with Crippen molar-refractivity contribution >= 4 is 11.8 Å². The molecule has 2 bridgehead atoms. The number of aliphatic hydroxyl groups excluding tert-OH is 1. The highest BCUT2D eigenvalue weighted by atomic mass is 19.1. The van der Waals surface area contributed by atoms with Gasteiger partial charge < -0.3 is 25.8 Å². The fraction of sp³-hybridized carbons (Fsp3) is 0.448. The molecule has 8 heteroatoms. The van der Waals surface area contributed by atoms with E-state index in [1.807, 2.05) is 24.3 Å². The number of carbonyl (C=O) groups excluding carboxylic acids is 2. The Morgan fingerprint density at radius 1 is 1.16 bits per heavy atom. The monoisotopic (exact) mass is 507 g/mol. The molecule has 4 rings (SSSR count). The summed E-state index contributed by atoms with van der Waals surface area (Å²) in [4.78, 5) is 24.7. The van der Waals surface area contributed by atoms with Crippen LogP contribution in [0.15, 0.2) is 42.5 Å². The first-order valence-corrected chi connectivity index (χ1v) is 12.9. The zero-order valence-corrected chi connectivity index (χ0v) is 20.9. The third-order valence-electron chi connectivity index (χ3n) is 6.94. The van der Waals surface area contributed by atoms with Gasteiger partial charge in [0.1, 0.15) is 11.6 Å². The van der Waals surface area contributed by atoms with E-state index >= 15 is 0 Å². The number of ether oxygens (including phenoxy) is 1. The van der Waals surface area contributed by atoms with Gasteiger partial charge in [0.15, 0.2) is 0 Å². The fourth-order valence-corrected chi connectivity index (χ4v) is 4.68. The molecule has 1 aliphatic heterocycles. The van der Waals surface area contributed by atoms with Crippen LogP contribution in [0.1, 0.15) is 55.2 Å². The van der Waals surface area contributed by atoms with E-state index < -0.39 is 23.9 Å². The molecule has 2 aromatic rings. The third-order valence-corrected chi connectivity index (χ3v) is 6.94. The summed E-state index contributed by atoms with van der Waals surface area (Å²) >= 11 is 0. The zero-order valence-electron chi connectivity index (χ0n) is 20.9. The number of fused-ring (bicyclic) bond motifs is 2. The second-order valence-electron chi connectivity index (χ2n) is 9.86. The Balaban J connectivity index is 1.49. The summed E-state index contributed by atoms with van der Waals surface area (Å²) < 4.78 is 20.1. The van der Waals surface area contributed by atoms with E-state index in [0.29, 0.717) is 30.8 Å². The van der Waals surface area contributed by atoms with Gasteiger partial charge in [0.2, 0.25) is 11.8 Å². The molecule has 196 valence electrons. The topological polar surface area (TPSA) is 99.7 Å². The van der Waals surface area contributed by atoms with Gasteiger partial charge in [-0.15, -0.1) is 6.42 Å². The maximum atomic E-state index is 14.3. The van der Waals surface area contributed by atoms with Crippen LogP contribution in [0.4, 0.5) is 4.39 Å². The number of benzene rings is 2. The van der Waals surface area contributed by atoms with Crippen molar-refractivity contribution in [1.29, 1.82) is 0 Å². The molecule has 2 atom stereocenters. The van der Waals surface area contributed by atoms with Crippen molar-refractivity contribution in [3.05, 3.63) is 65.0 Å². The summed E-state index contributed by atoms with van der Waals surface area (Å²) in [5.74, 6) is 2.01. The fourth-order valence-electron chi connectivity index (χ4n) is 4.68. The molecule has 37 heavy (non-hydrogen) atoms. The second kappa shape index (κ2) is 12.2. The summed E-state index contributed by atoms with van der Waals surface area (Å²) in [5.41, 5.74) is 2.18. The van der Waals surface area contributed by atoms with Crippen molar-refractivity contribution in [3.63, 3.8) is 0 Å². The van der Waals surface area contributed by atoms with Gasteiger partial charge in [-0.05, 0) is 73.9 Å². The van der Waals surface area contributed by atoms with Crippen molar-refractivity contribution in [3.8, 4) is 18.1 Å². The first-order valence-electron chi connectivity index (χ1n) is 12.9. The highest BCUT2D eigenvalue weighted by Crippen LogP contribution is 2.45. The molecule has 7 nitrogen and oxygen atoms in total. The Labute approximate surface area is 217 Å². The van der Waals surface area contributed by atoms with Gasteiger partial charge in [0, 0.05) is 30.1 Å². The maximum absolute atomic E-state index is 14.3. The second-order valence-corrected chi connectivity index (χ2v) is 9.86. The molecule has 2 aromatic carbocycles. The van der Waals surface area contributed by atoms with E-state index in [9.17, 15) is 19.1 Å². The van der Waals surface area contributed by atoms with Crippen molar-refractivity contribution in [2.75, 3.05) is 19.7 Å². The van der Waals surface area contributed by atoms with Crippen LogP contribution in [-0.4, -0.2) is 48.8 Å². The molecular formula is C29H34FN3O4. The quantitative estimate of drug-likeness (QED) is 0.466. The lowest BCUT2D eigenvalue weighted by Crippen LogP contribution is -2.52. The predicted octanol–water partition coefficient (Wildman–Crippen LogP) is 2.54. The molecule has 1 fully saturated rings. The SMILES string of the molecule is C#Cc1cccc(C2(NC[C@@H](O)[C@@H]3Cc4cc(F)cc(c4)OCCCCCC(=O)NCC(=O)N3)CC2)c1. The maximum Gasteiger partial charge on any atom is 0.239 e. The molecule has 0 unspecified atom stereocenters. The third kappa shape index (κ3) is 7.54. The summed E-state index contributed by atoms with van der Waals surface area (Å²) in [7, 11) is 0. The number of terminal acetylenes is 1. The molecule has 4 N–H and O–H groups in total. The van der Waals surface area contributed by atoms with Gasteiger partial charge in [0.25, 0.3) is 0 Å². The van der Waals surface area contributed by atoms with Gasteiger partial charge >= 0.3 is 0 Å². The molecule has 0 radical (unpaired) electrons. The molecule has 1 heterocycles. The van der Waals surface area contributed by atoms with E-state index in [0.717, 1.165) is 36.8 Å². The van der Waals surface area contributed by atoms with E-state index in [4.69, 9.17) is 11.2 Å². The van der Waals surface area contributed by atoms with E-state index in [2.05, 4.69) is 21.9 Å². The Kier molecular flexibility index (Phi) is 8.80. The molecule has 0 saturated heterocycles. The summed E-state index contributed by atoms with van der Waals surface area (Å²) in [6.07, 6.45) is 9.09. The van der Waals surface area contributed by atoms with Crippen LogP contribution in [0.2, 0.25) is 0 Å². The summed E-state index contributed by atoms with van der Waals surface area (Å²) in [5, 5.41) is 20.1. The lowest BCUT2D eigenvalue weighted by molar-refractivity contribution is -0.126. The number of carbonyl (C=O) groups is 2. The number of nitrogens with one attached hydrogen (secondary N) is 3. The first kappa shape index (κ1) is 26.6. The van der Waals surface area contributed by atoms with Gasteiger partial charge in [-0.1, -0.05) is 18.1 Å². The van der Waals surface area contributed by atoms with Gasteiger partial charge in [-0.3, -0.25) is 9.59 Å². The number of rotatable bonds is 5. The molecule has 0 spiro atoms. The minimum atomic E-state index is -0.973. The zero-order chi connectivity index (χ0) is 26.3. The normalized spacial score (nSPS) is 21.1. The number of amides is 2. The Hall–Kier alpha value is -3.41. The van der Waals surface area contributed by atoms with Crippen LogP contribution in [0.3, 0.4) is 0 Å². The van der Waals surface area contributed by atoms with Gasteiger partial charge in [0.05, 0.1) is 25.3 Å². The highest BCUT2D eigenvalue weighted by molar-refractivity contribution is 5.84. The summed E-state index contributed by atoms with van der Waals surface area (Å²) in [6.45, 7) is 0.437. The van der Waals surface area contributed by atoms with E-state index in [1.54, 1.807) is 6.07 Å². The standard InChI is InChI=1S/C29H34FN3O4/c1-2-20-7-6-8-22(13-20)29(10-11-29)32-18-26(34)25-16-21-14-23(30)17-24(15-21)37-12-5-3-4-9-27(35)31-19-28(36)33-25/h1,6-8,13-15,17,25-26,32,34H,3-5,9-12,16,18-19H2,(H,31,35)(H,33,36)/t25-,26+/m0/s1. The van der Waals surface area contributed by atoms with Crippen molar-refractivity contribution in [2.24, 2.45) is 0 Å². The Morgan fingerprint density at radius 2 is 2.00 bits per heavy atom. The number of halogens is 1. The lowest BCUT2D eigenvalue weighted by atomic mass is 9.98. The number of hydrogen-bond acceptors (Lipinski definition) is 5. The largest absolute Gasteiger partial charge is 0.493 e. The number of aliphatic hydroxyl groups is 1. The molecule has 1 saturated carbocycles. The highest BCUT2D eigenvalue weighted by Gasteiger charge is 2.44. The smallest absolute Gasteiger partial charge is 0.239 e. The predicted molar refractivity (Wildman–Crippen MR) is 138 cm³/mol. The molecule has 2 amide bonds. The van der Waals surface area contributed by atoms with Crippen molar-refractivity contribution < 1.29 is 23.8 Å². The average Bonchev–Trinajstić information content (AvgIpc) is 3.68. The minimum absolute atomic E-state index is 0.185. The van der Waals surface area contributed by atoms with Crippen LogP contribution in [0.25, 0.3) is 0 Å². The van der Waals surface area contributed by atoms with Crippen LogP contribution in [0, 0.1) is 18.2 Å². The molecular weight excluding hydrogens is 473 g/mol. The van der Waals surface area contributed by atoms with Crippen LogP contribution in [-0.2, 0) is 21.5 Å².